The lowest BCUT2D eigenvalue weighted by molar-refractivity contribution is -0.141. The van der Waals surface area contributed by atoms with E-state index >= 15 is 0 Å². The molecule has 1 saturated heterocycles. The predicted molar refractivity (Wildman–Crippen MR) is 53.5 cm³/mol. The summed E-state index contributed by atoms with van der Waals surface area (Å²) in [5, 5.41) is 8.60. The Morgan fingerprint density at radius 3 is 2.64 bits per heavy atom. The highest BCUT2D eigenvalue weighted by Crippen LogP contribution is 2.16. The summed E-state index contributed by atoms with van der Waals surface area (Å²) >= 11 is 2.26. The lowest BCUT2D eigenvalue weighted by atomic mass is 10.1. The summed E-state index contributed by atoms with van der Waals surface area (Å²) in [5.74, 6) is -0.762. The van der Waals surface area contributed by atoms with Crippen LogP contribution in [0.25, 0.3) is 0 Å². The number of aliphatic carboxylic acids is 1. The molecule has 0 bridgehead atoms. The van der Waals surface area contributed by atoms with Gasteiger partial charge < -0.3 is 5.11 Å². The van der Waals surface area contributed by atoms with Crippen LogP contribution in [0.1, 0.15) is 6.42 Å². The Hall–Kier alpha value is 0.450. The number of carboxylic acids is 1. The highest BCUT2D eigenvalue weighted by molar-refractivity contribution is 14.1. The van der Waals surface area contributed by atoms with Gasteiger partial charge in [0.1, 0.15) is 0 Å². The summed E-state index contributed by atoms with van der Waals surface area (Å²) in [6.45, 7) is 1.68. The largest absolute Gasteiger partial charge is 0.481 e. The van der Waals surface area contributed by atoms with Gasteiger partial charge in [-0.1, -0.05) is 22.6 Å². The van der Waals surface area contributed by atoms with Crippen LogP contribution in [-0.4, -0.2) is 33.6 Å². The fraction of sp³-hybridized carbons (Fsp3) is 0.833. The Balaban J connectivity index is 0.000001000. The summed E-state index contributed by atoms with van der Waals surface area (Å²) in [4.78, 5) is 12.6. The summed E-state index contributed by atoms with van der Waals surface area (Å²) in [6, 6.07) is 0. The lowest BCUT2D eigenvalue weighted by Gasteiger charge is -2.08. The maximum atomic E-state index is 10.4. The molecule has 1 aliphatic heterocycles. The molecule has 66 valence electrons. The molecule has 0 aliphatic carbocycles. The molecule has 11 heavy (non-hydrogen) atoms. The fourth-order valence-electron chi connectivity index (χ4n) is 1.14. The molecular formula is C6H11ClINO2. The minimum Gasteiger partial charge on any atom is -0.481 e. The van der Waals surface area contributed by atoms with Crippen molar-refractivity contribution in [3.63, 3.8) is 0 Å². The van der Waals surface area contributed by atoms with Crippen molar-refractivity contribution < 1.29 is 9.90 Å². The maximum Gasteiger partial charge on any atom is 0.307 e. The third-order valence-corrected chi connectivity index (χ3v) is 2.76. The zero-order chi connectivity index (χ0) is 7.56. The van der Waals surface area contributed by atoms with Crippen molar-refractivity contribution in [3.05, 3.63) is 0 Å². The number of alkyl halides is 1. The van der Waals surface area contributed by atoms with Crippen molar-refractivity contribution >= 4 is 41.0 Å². The van der Waals surface area contributed by atoms with Gasteiger partial charge in [-0.3, -0.25) is 9.69 Å². The second kappa shape index (κ2) is 5.16. The van der Waals surface area contributed by atoms with E-state index in [1.54, 1.807) is 0 Å². The van der Waals surface area contributed by atoms with Crippen molar-refractivity contribution in [2.24, 2.45) is 5.92 Å². The first-order chi connectivity index (χ1) is 4.74. The molecular weight excluding hydrogens is 280 g/mol. The van der Waals surface area contributed by atoms with E-state index in [0.29, 0.717) is 0 Å². The van der Waals surface area contributed by atoms with E-state index in [1.807, 2.05) is 0 Å². The standard InChI is InChI=1S/C6H10INO2.ClH/c7-4-8-2-1-5(3-8)6(9)10;/h5H,1-4H2,(H,9,10);1H. The van der Waals surface area contributed by atoms with Crippen molar-refractivity contribution in [2.75, 3.05) is 17.6 Å². The van der Waals surface area contributed by atoms with E-state index < -0.39 is 5.97 Å². The van der Waals surface area contributed by atoms with Crippen LogP contribution < -0.4 is 0 Å². The van der Waals surface area contributed by atoms with Crippen LogP contribution in [0.5, 0.6) is 0 Å². The molecule has 1 atom stereocenters. The first kappa shape index (κ1) is 11.4. The zero-order valence-electron chi connectivity index (χ0n) is 5.99. The van der Waals surface area contributed by atoms with E-state index in [0.717, 1.165) is 24.1 Å². The van der Waals surface area contributed by atoms with Gasteiger partial charge in [0.15, 0.2) is 0 Å². The van der Waals surface area contributed by atoms with Crippen LogP contribution in [0.3, 0.4) is 0 Å². The normalized spacial score (nSPS) is 24.6. The molecule has 1 rings (SSSR count). The highest BCUT2D eigenvalue weighted by atomic mass is 127. The average molecular weight is 292 g/mol. The van der Waals surface area contributed by atoms with Gasteiger partial charge in [0, 0.05) is 6.54 Å². The predicted octanol–water partition coefficient (Wildman–Crippen LogP) is 1.21. The molecule has 0 aromatic carbocycles. The van der Waals surface area contributed by atoms with Crippen molar-refractivity contribution in [1.82, 2.24) is 4.90 Å². The summed E-state index contributed by atoms with van der Waals surface area (Å²) < 4.78 is 0.946. The van der Waals surface area contributed by atoms with Crippen molar-refractivity contribution in [2.45, 2.75) is 6.42 Å². The molecule has 0 aromatic rings. The molecule has 1 unspecified atom stereocenters. The minimum absolute atomic E-state index is 0. The fourth-order valence-corrected chi connectivity index (χ4v) is 1.76. The van der Waals surface area contributed by atoms with Gasteiger partial charge >= 0.3 is 5.97 Å². The number of carboxylic acid groups (broad SMARTS) is 1. The van der Waals surface area contributed by atoms with Gasteiger partial charge in [0.2, 0.25) is 0 Å². The van der Waals surface area contributed by atoms with Crippen LogP contribution in [0.4, 0.5) is 0 Å². The van der Waals surface area contributed by atoms with Crippen LogP contribution in [0, 0.1) is 5.92 Å². The quantitative estimate of drug-likeness (QED) is 0.472. The molecule has 1 fully saturated rings. The Kier molecular flexibility index (Phi) is 5.37. The Bertz CT molecular complexity index is 145. The van der Waals surface area contributed by atoms with Gasteiger partial charge in [0.25, 0.3) is 0 Å². The molecule has 1 N–H and O–H groups in total. The topological polar surface area (TPSA) is 40.5 Å². The van der Waals surface area contributed by atoms with Crippen molar-refractivity contribution in [3.8, 4) is 0 Å². The van der Waals surface area contributed by atoms with Crippen LogP contribution in [0.15, 0.2) is 0 Å². The molecule has 5 heteroatoms. The van der Waals surface area contributed by atoms with Crippen LogP contribution in [0.2, 0.25) is 0 Å². The Morgan fingerprint density at radius 2 is 2.36 bits per heavy atom. The Labute approximate surface area is 85.7 Å². The maximum absolute atomic E-state index is 10.4. The van der Waals surface area contributed by atoms with Gasteiger partial charge in [-0.15, -0.1) is 12.4 Å². The average Bonchev–Trinajstić information content (AvgIpc) is 2.34. The zero-order valence-corrected chi connectivity index (χ0v) is 8.97. The van der Waals surface area contributed by atoms with Gasteiger partial charge in [-0.05, 0) is 13.0 Å². The number of rotatable bonds is 2. The number of hydrogen-bond acceptors (Lipinski definition) is 2. The van der Waals surface area contributed by atoms with Crippen molar-refractivity contribution in [1.29, 1.82) is 0 Å². The minimum atomic E-state index is -0.646. The highest BCUT2D eigenvalue weighted by Gasteiger charge is 2.26. The van der Waals surface area contributed by atoms with E-state index in [1.165, 1.54) is 0 Å². The number of hydrogen-bond donors (Lipinski definition) is 1. The lowest BCUT2D eigenvalue weighted by Crippen LogP contribution is -2.21. The van der Waals surface area contributed by atoms with E-state index in [4.69, 9.17) is 5.11 Å². The second-order valence-electron chi connectivity index (χ2n) is 2.52. The molecule has 0 saturated carbocycles. The van der Waals surface area contributed by atoms with Gasteiger partial charge in [-0.25, -0.2) is 0 Å². The number of nitrogens with zero attached hydrogens (tertiary/aromatic N) is 1. The molecule has 0 spiro atoms. The van der Waals surface area contributed by atoms with Crippen LogP contribution in [-0.2, 0) is 4.79 Å². The third-order valence-electron chi connectivity index (χ3n) is 1.79. The summed E-state index contributed by atoms with van der Waals surface area (Å²) in [7, 11) is 0. The number of halogens is 2. The Morgan fingerprint density at radius 1 is 1.73 bits per heavy atom. The first-order valence-electron chi connectivity index (χ1n) is 3.25. The smallest absolute Gasteiger partial charge is 0.307 e. The molecule has 3 nitrogen and oxygen atoms in total. The molecule has 0 aromatic heterocycles. The molecule has 0 radical (unpaired) electrons. The summed E-state index contributed by atoms with van der Waals surface area (Å²) in [6.07, 6.45) is 0.818. The van der Waals surface area contributed by atoms with E-state index in [9.17, 15) is 4.79 Å². The monoisotopic (exact) mass is 291 g/mol. The van der Waals surface area contributed by atoms with Gasteiger partial charge in [0.05, 0.1) is 10.5 Å². The number of carbonyl (C=O) groups is 1. The van der Waals surface area contributed by atoms with Gasteiger partial charge in [-0.2, -0.15) is 0 Å². The first-order valence-corrected chi connectivity index (χ1v) is 4.77. The number of likely N-dealkylation sites (tertiary alicyclic amines) is 1. The molecule has 1 aliphatic rings. The molecule has 0 amide bonds. The van der Waals surface area contributed by atoms with Crippen LogP contribution >= 0.6 is 35.0 Å². The second-order valence-corrected chi connectivity index (χ2v) is 3.20. The third kappa shape index (κ3) is 3.13. The van der Waals surface area contributed by atoms with E-state index in [2.05, 4.69) is 27.5 Å². The molecule has 1 heterocycles. The SMILES string of the molecule is Cl.O=C(O)C1CCN(CI)C1. The van der Waals surface area contributed by atoms with E-state index in [-0.39, 0.29) is 18.3 Å². The summed E-state index contributed by atoms with van der Waals surface area (Å²) in [5.41, 5.74) is 0.